The maximum absolute atomic E-state index is 8.63. The van der Waals surface area contributed by atoms with Gasteiger partial charge in [-0.25, -0.2) is 0 Å². The lowest BCUT2D eigenvalue weighted by molar-refractivity contribution is 0.475. The predicted octanol–water partition coefficient (Wildman–Crippen LogP) is 0.581. The summed E-state index contributed by atoms with van der Waals surface area (Å²) in [6.07, 6.45) is 0. The lowest BCUT2D eigenvalue weighted by Crippen LogP contribution is -2.18. The summed E-state index contributed by atoms with van der Waals surface area (Å²) >= 11 is 4.09. The van der Waals surface area contributed by atoms with Crippen molar-refractivity contribution in [2.45, 2.75) is 0 Å². The second-order valence-electron chi connectivity index (χ2n) is 1.74. The number of para-hydroxylation sites is 1. The van der Waals surface area contributed by atoms with Crippen LogP contribution >= 0.6 is 12.2 Å². The Morgan fingerprint density at radius 3 is 1.73 bits per heavy atom. The number of aromatic hydroxyl groups is 1. The predicted molar refractivity (Wildman–Crippen MR) is 49.1 cm³/mol. The van der Waals surface area contributed by atoms with Gasteiger partial charge in [-0.3, -0.25) is 0 Å². The van der Waals surface area contributed by atoms with E-state index < -0.39 is 0 Å². The number of hydrogen-bond donors (Lipinski definition) is 3. The summed E-state index contributed by atoms with van der Waals surface area (Å²) in [5, 5.41) is 8.63. The van der Waals surface area contributed by atoms with E-state index in [9.17, 15) is 0 Å². The molecule has 0 saturated carbocycles. The van der Waals surface area contributed by atoms with Crippen LogP contribution in [-0.4, -0.2) is 10.2 Å². The summed E-state index contributed by atoms with van der Waals surface area (Å²) in [6, 6.07) is 8.71. The summed E-state index contributed by atoms with van der Waals surface area (Å²) in [6.45, 7) is 0. The molecule has 3 nitrogen and oxygen atoms in total. The number of phenolic OH excluding ortho intramolecular Hbond substituents is 1. The van der Waals surface area contributed by atoms with Crippen LogP contribution in [0.5, 0.6) is 5.75 Å². The highest BCUT2D eigenvalue weighted by atomic mass is 32.1. The molecule has 0 saturated heterocycles. The summed E-state index contributed by atoms with van der Waals surface area (Å²) < 4.78 is 0. The molecule has 0 aliphatic heterocycles. The third-order valence-electron chi connectivity index (χ3n) is 0.756. The quantitative estimate of drug-likeness (QED) is 0.498. The molecule has 0 radical (unpaired) electrons. The molecule has 0 unspecified atom stereocenters. The van der Waals surface area contributed by atoms with E-state index in [0.717, 1.165) is 0 Å². The first-order valence-corrected chi connectivity index (χ1v) is 3.32. The van der Waals surface area contributed by atoms with Crippen LogP contribution in [0.4, 0.5) is 0 Å². The van der Waals surface area contributed by atoms with Crippen molar-refractivity contribution in [3.05, 3.63) is 30.3 Å². The first-order chi connectivity index (χ1) is 5.13. The Morgan fingerprint density at radius 2 is 1.55 bits per heavy atom. The number of phenols is 1. The molecule has 0 bridgehead atoms. The van der Waals surface area contributed by atoms with Gasteiger partial charge in [0.15, 0.2) is 5.11 Å². The van der Waals surface area contributed by atoms with Crippen molar-refractivity contribution >= 4 is 17.3 Å². The van der Waals surface area contributed by atoms with Gasteiger partial charge in [-0.2, -0.15) is 0 Å². The Hall–Kier alpha value is -1.29. The molecule has 4 heteroatoms. The molecule has 0 fully saturated rings. The van der Waals surface area contributed by atoms with E-state index in [0.29, 0.717) is 5.75 Å². The van der Waals surface area contributed by atoms with Gasteiger partial charge in [0.05, 0.1) is 0 Å². The molecule has 0 heterocycles. The molecule has 5 N–H and O–H groups in total. The van der Waals surface area contributed by atoms with Gasteiger partial charge >= 0.3 is 0 Å². The lowest BCUT2D eigenvalue weighted by Gasteiger charge is -1.82. The Bertz CT molecular complexity index is 209. The second-order valence-corrected chi connectivity index (χ2v) is 2.21. The van der Waals surface area contributed by atoms with Gasteiger partial charge < -0.3 is 16.6 Å². The van der Waals surface area contributed by atoms with Crippen LogP contribution in [0, 0.1) is 0 Å². The summed E-state index contributed by atoms with van der Waals surface area (Å²) in [5.41, 5.74) is 9.24. The van der Waals surface area contributed by atoms with Gasteiger partial charge in [0.1, 0.15) is 5.75 Å². The number of nitrogens with two attached hydrogens (primary N) is 2. The van der Waals surface area contributed by atoms with Crippen LogP contribution in [0.3, 0.4) is 0 Å². The van der Waals surface area contributed by atoms with Gasteiger partial charge in [0, 0.05) is 0 Å². The molecule has 0 spiro atoms. The molecular formula is C7H10N2OS. The summed E-state index contributed by atoms with van der Waals surface area (Å²) in [7, 11) is 0. The van der Waals surface area contributed by atoms with Crippen molar-refractivity contribution < 1.29 is 5.11 Å². The van der Waals surface area contributed by atoms with Crippen molar-refractivity contribution in [2.24, 2.45) is 11.5 Å². The van der Waals surface area contributed by atoms with E-state index >= 15 is 0 Å². The van der Waals surface area contributed by atoms with E-state index in [-0.39, 0.29) is 5.11 Å². The van der Waals surface area contributed by atoms with Crippen LogP contribution in [0.1, 0.15) is 0 Å². The molecule has 60 valence electrons. The number of rotatable bonds is 0. The average Bonchev–Trinajstić information content (AvgIpc) is 1.87. The smallest absolute Gasteiger partial charge is 0.160 e. The Kier molecular flexibility index (Phi) is 4.85. The molecule has 0 aliphatic carbocycles. The highest BCUT2D eigenvalue weighted by Gasteiger charge is 1.74. The minimum atomic E-state index is 0.000000000000000222. The van der Waals surface area contributed by atoms with E-state index in [2.05, 4.69) is 23.7 Å². The van der Waals surface area contributed by atoms with Crippen LogP contribution in [0.15, 0.2) is 30.3 Å². The zero-order valence-electron chi connectivity index (χ0n) is 5.90. The first kappa shape index (κ1) is 9.71. The fourth-order valence-corrected chi connectivity index (χ4v) is 0.428. The Balaban J connectivity index is 0.000000218. The highest BCUT2D eigenvalue weighted by Crippen LogP contribution is 2.02. The first-order valence-electron chi connectivity index (χ1n) is 2.92. The maximum Gasteiger partial charge on any atom is 0.160 e. The summed E-state index contributed by atoms with van der Waals surface area (Å²) in [5.74, 6) is 0.322. The molecule has 11 heavy (non-hydrogen) atoms. The molecular weight excluding hydrogens is 160 g/mol. The molecule has 0 aliphatic rings. The molecule has 0 amide bonds. The van der Waals surface area contributed by atoms with Crippen molar-refractivity contribution in [3.8, 4) is 5.75 Å². The van der Waals surface area contributed by atoms with Crippen molar-refractivity contribution in [3.63, 3.8) is 0 Å². The molecule has 1 aromatic rings. The molecule has 0 aromatic heterocycles. The number of hydrogen-bond acceptors (Lipinski definition) is 2. The highest BCUT2D eigenvalue weighted by molar-refractivity contribution is 7.80. The SMILES string of the molecule is NC(N)=S.Oc1ccccc1. The van der Waals surface area contributed by atoms with Gasteiger partial charge in [-0.1, -0.05) is 18.2 Å². The zero-order valence-corrected chi connectivity index (χ0v) is 6.71. The monoisotopic (exact) mass is 170 g/mol. The third-order valence-corrected chi connectivity index (χ3v) is 0.756. The van der Waals surface area contributed by atoms with Gasteiger partial charge in [0.25, 0.3) is 0 Å². The van der Waals surface area contributed by atoms with Crippen molar-refractivity contribution in [1.82, 2.24) is 0 Å². The fraction of sp³-hybridized carbons (Fsp3) is 0. The zero-order chi connectivity index (χ0) is 8.69. The normalized spacial score (nSPS) is 7.64. The molecule has 0 atom stereocenters. The largest absolute Gasteiger partial charge is 0.508 e. The average molecular weight is 170 g/mol. The van der Waals surface area contributed by atoms with E-state index in [1.54, 1.807) is 24.3 Å². The van der Waals surface area contributed by atoms with Crippen LogP contribution in [-0.2, 0) is 0 Å². The van der Waals surface area contributed by atoms with Gasteiger partial charge in [-0.15, -0.1) is 0 Å². The number of benzene rings is 1. The number of thiocarbonyl (C=S) groups is 1. The standard InChI is InChI=1S/C6H6O.CH4N2S/c7-6-4-2-1-3-5-6;2-1(3)4/h1-5,7H;(H4,2,3,4). The summed E-state index contributed by atoms with van der Waals surface area (Å²) in [4.78, 5) is 0. The van der Waals surface area contributed by atoms with E-state index in [1.807, 2.05) is 6.07 Å². The lowest BCUT2D eigenvalue weighted by atomic mass is 10.3. The van der Waals surface area contributed by atoms with Crippen LogP contribution in [0.2, 0.25) is 0 Å². The minimum Gasteiger partial charge on any atom is -0.508 e. The topological polar surface area (TPSA) is 72.3 Å². The van der Waals surface area contributed by atoms with Crippen LogP contribution < -0.4 is 11.5 Å². The minimum absolute atomic E-state index is 0.000000000000000222. The van der Waals surface area contributed by atoms with E-state index in [4.69, 9.17) is 5.11 Å². The van der Waals surface area contributed by atoms with Crippen molar-refractivity contribution in [2.75, 3.05) is 0 Å². The van der Waals surface area contributed by atoms with Crippen LogP contribution in [0.25, 0.3) is 0 Å². The molecule has 1 aromatic carbocycles. The Morgan fingerprint density at radius 1 is 1.18 bits per heavy atom. The van der Waals surface area contributed by atoms with Gasteiger partial charge in [-0.05, 0) is 24.4 Å². The molecule has 1 rings (SSSR count). The fourth-order valence-electron chi connectivity index (χ4n) is 0.428. The second kappa shape index (κ2) is 5.49. The van der Waals surface area contributed by atoms with E-state index in [1.165, 1.54) is 0 Å². The Labute approximate surface area is 70.6 Å². The third kappa shape index (κ3) is 8.71. The maximum atomic E-state index is 8.63. The van der Waals surface area contributed by atoms with Gasteiger partial charge in [0.2, 0.25) is 0 Å². The van der Waals surface area contributed by atoms with Crippen molar-refractivity contribution in [1.29, 1.82) is 0 Å².